The highest BCUT2D eigenvalue weighted by Crippen LogP contribution is 2.40. The van der Waals surface area contributed by atoms with Crippen molar-refractivity contribution in [3.05, 3.63) is 41.3 Å². The molecule has 3 rings (SSSR count). The van der Waals surface area contributed by atoms with Crippen molar-refractivity contribution >= 4 is 5.84 Å². The third-order valence-electron chi connectivity index (χ3n) is 3.82. The van der Waals surface area contributed by atoms with E-state index in [4.69, 9.17) is 26.7 Å². The maximum absolute atomic E-state index is 9.42. The Hall–Kier alpha value is -2.40. The third kappa shape index (κ3) is 2.14. The van der Waals surface area contributed by atoms with Gasteiger partial charge in [0.2, 0.25) is 5.88 Å². The fourth-order valence-electron chi connectivity index (χ4n) is 2.71. The topological polar surface area (TPSA) is 133 Å². The maximum atomic E-state index is 9.42. The van der Waals surface area contributed by atoms with Crippen molar-refractivity contribution in [1.29, 1.82) is 5.26 Å². The fourth-order valence-corrected chi connectivity index (χ4v) is 2.71. The number of nitriles is 1. The molecule has 0 radical (unpaired) electrons. The summed E-state index contributed by atoms with van der Waals surface area (Å²) < 4.78 is 11.5. The van der Waals surface area contributed by atoms with Crippen LogP contribution < -0.4 is 21.9 Å². The lowest BCUT2D eigenvalue weighted by molar-refractivity contribution is -0.0278. The van der Waals surface area contributed by atoms with E-state index in [1.165, 1.54) is 0 Å². The lowest BCUT2D eigenvalue weighted by atomic mass is 9.83. The molecule has 0 aromatic heterocycles. The quantitative estimate of drug-likeness (QED) is 0.671. The minimum atomic E-state index is -1.39. The van der Waals surface area contributed by atoms with Crippen molar-refractivity contribution in [2.45, 2.75) is 12.1 Å². The van der Waals surface area contributed by atoms with Crippen LogP contribution in [0, 0.1) is 17.2 Å². The van der Waals surface area contributed by atoms with Gasteiger partial charge in [0, 0.05) is 18.5 Å². The van der Waals surface area contributed by atoms with Gasteiger partial charge in [0.05, 0.1) is 12.7 Å². The van der Waals surface area contributed by atoms with Crippen LogP contribution in [0.4, 0.5) is 0 Å². The Morgan fingerprint density at radius 2 is 2.23 bits per heavy atom. The van der Waals surface area contributed by atoms with E-state index in [0.29, 0.717) is 23.6 Å². The number of nitrogens with two attached hydrogens (primary N) is 3. The Kier molecular flexibility index (Phi) is 3.58. The van der Waals surface area contributed by atoms with Crippen LogP contribution in [0.25, 0.3) is 0 Å². The van der Waals surface area contributed by atoms with E-state index in [1.54, 1.807) is 0 Å². The summed E-state index contributed by atoms with van der Waals surface area (Å²) in [5.74, 6) is 0.211. The predicted molar refractivity (Wildman–Crippen MR) is 80.5 cm³/mol. The zero-order valence-electron chi connectivity index (χ0n) is 12.0. The number of fused-ring (bicyclic) bond motifs is 1. The minimum absolute atomic E-state index is 0.0835. The number of benzene rings is 1. The standard InChI is InChI=1S/C15H17N5O2/c16-5-6-21-15(19)10-7-9-3-1-2-4-12(9)22-14(10)20-13(18)11(15)8-17/h1-4,11H,5-7,16,19H2,(H2,18,20). The molecule has 2 heterocycles. The van der Waals surface area contributed by atoms with E-state index in [1.807, 2.05) is 24.3 Å². The first-order chi connectivity index (χ1) is 10.6. The number of hydrogen-bond donors (Lipinski definition) is 3. The molecular weight excluding hydrogens is 282 g/mol. The van der Waals surface area contributed by atoms with Gasteiger partial charge in [0.15, 0.2) is 5.72 Å². The number of aliphatic imine (C=N–C) groups is 1. The highest BCUT2D eigenvalue weighted by molar-refractivity contribution is 5.89. The molecule has 1 aromatic carbocycles. The number of para-hydroxylation sites is 1. The Balaban J connectivity index is 2.07. The number of ether oxygens (including phenoxy) is 2. The van der Waals surface area contributed by atoms with Gasteiger partial charge in [-0.25, -0.2) is 0 Å². The molecule has 1 aromatic rings. The molecule has 2 atom stereocenters. The van der Waals surface area contributed by atoms with Gasteiger partial charge >= 0.3 is 0 Å². The van der Waals surface area contributed by atoms with Crippen LogP contribution in [0.3, 0.4) is 0 Å². The number of rotatable bonds is 3. The van der Waals surface area contributed by atoms with Crippen LogP contribution in [0.2, 0.25) is 0 Å². The average Bonchev–Trinajstić information content (AvgIpc) is 2.52. The Morgan fingerprint density at radius 3 is 2.95 bits per heavy atom. The predicted octanol–water partition coefficient (Wildman–Crippen LogP) is -0.0260. The van der Waals surface area contributed by atoms with Crippen molar-refractivity contribution in [3.8, 4) is 11.8 Å². The molecule has 6 N–H and O–H groups in total. The van der Waals surface area contributed by atoms with E-state index in [0.717, 1.165) is 5.56 Å². The molecule has 2 aliphatic rings. The van der Waals surface area contributed by atoms with Gasteiger partial charge in [0.1, 0.15) is 17.5 Å². The fraction of sp³-hybridized carbons (Fsp3) is 0.333. The largest absolute Gasteiger partial charge is 0.439 e. The lowest BCUT2D eigenvalue weighted by Crippen LogP contribution is -2.59. The monoisotopic (exact) mass is 299 g/mol. The van der Waals surface area contributed by atoms with Crippen molar-refractivity contribution in [2.75, 3.05) is 13.2 Å². The molecule has 0 saturated heterocycles. The van der Waals surface area contributed by atoms with Crippen molar-refractivity contribution in [1.82, 2.24) is 0 Å². The SMILES string of the molecule is N#CC1C(N)=NC2=C(Cc3ccccc3O2)C1(N)OCCN. The Bertz CT molecular complexity index is 706. The average molecular weight is 299 g/mol. The summed E-state index contributed by atoms with van der Waals surface area (Å²) in [4.78, 5) is 4.20. The number of hydrogen-bond acceptors (Lipinski definition) is 7. The first-order valence-corrected chi connectivity index (χ1v) is 6.96. The van der Waals surface area contributed by atoms with Crippen LogP contribution >= 0.6 is 0 Å². The molecule has 114 valence electrons. The summed E-state index contributed by atoms with van der Waals surface area (Å²) in [6.07, 6.45) is 0.488. The zero-order chi connectivity index (χ0) is 15.7. The third-order valence-corrected chi connectivity index (χ3v) is 3.82. The van der Waals surface area contributed by atoms with Gasteiger partial charge in [-0.3, -0.25) is 5.73 Å². The molecule has 2 unspecified atom stereocenters. The van der Waals surface area contributed by atoms with Gasteiger partial charge in [-0.05, 0) is 11.6 Å². The molecule has 0 fully saturated rings. The van der Waals surface area contributed by atoms with E-state index in [-0.39, 0.29) is 19.0 Å². The summed E-state index contributed by atoms with van der Waals surface area (Å²) in [6.45, 7) is 0.495. The summed E-state index contributed by atoms with van der Waals surface area (Å²) in [5, 5.41) is 9.42. The molecule has 2 aliphatic heterocycles. The second-order valence-electron chi connectivity index (χ2n) is 5.20. The highest BCUT2D eigenvalue weighted by atomic mass is 16.5. The number of nitrogens with zero attached hydrogens (tertiary/aromatic N) is 2. The second-order valence-corrected chi connectivity index (χ2v) is 5.20. The summed E-state index contributed by atoms with van der Waals surface area (Å²) in [6, 6.07) is 9.64. The van der Waals surface area contributed by atoms with E-state index in [2.05, 4.69) is 11.1 Å². The summed E-state index contributed by atoms with van der Waals surface area (Å²) >= 11 is 0. The summed E-state index contributed by atoms with van der Waals surface area (Å²) in [7, 11) is 0. The Labute approximate surface area is 128 Å². The van der Waals surface area contributed by atoms with Crippen LogP contribution in [0.15, 0.2) is 40.7 Å². The van der Waals surface area contributed by atoms with E-state index >= 15 is 0 Å². The molecule has 0 aliphatic carbocycles. The second kappa shape index (κ2) is 5.42. The minimum Gasteiger partial charge on any atom is -0.439 e. The van der Waals surface area contributed by atoms with Gasteiger partial charge in [-0.15, -0.1) is 0 Å². The molecule has 0 saturated carbocycles. The van der Waals surface area contributed by atoms with Crippen molar-refractivity contribution in [3.63, 3.8) is 0 Å². The normalized spacial score (nSPS) is 26.4. The van der Waals surface area contributed by atoms with E-state index in [9.17, 15) is 5.26 Å². The number of amidine groups is 1. The van der Waals surface area contributed by atoms with Crippen LogP contribution in [0.1, 0.15) is 5.56 Å². The molecule has 0 spiro atoms. The molecule has 7 nitrogen and oxygen atoms in total. The first-order valence-electron chi connectivity index (χ1n) is 6.96. The van der Waals surface area contributed by atoms with Crippen molar-refractivity contribution in [2.24, 2.45) is 28.1 Å². The Morgan fingerprint density at radius 1 is 1.45 bits per heavy atom. The van der Waals surface area contributed by atoms with Gasteiger partial charge < -0.3 is 20.9 Å². The zero-order valence-corrected chi connectivity index (χ0v) is 12.0. The van der Waals surface area contributed by atoms with Crippen molar-refractivity contribution < 1.29 is 9.47 Å². The molecular formula is C15H17N5O2. The molecule has 22 heavy (non-hydrogen) atoms. The lowest BCUT2D eigenvalue weighted by Gasteiger charge is -2.40. The van der Waals surface area contributed by atoms with Crippen LogP contribution in [0.5, 0.6) is 5.75 Å². The van der Waals surface area contributed by atoms with Gasteiger partial charge in [-0.1, -0.05) is 18.2 Å². The highest BCUT2D eigenvalue weighted by Gasteiger charge is 2.48. The first kappa shape index (κ1) is 14.5. The molecule has 0 bridgehead atoms. The van der Waals surface area contributed by atoms with E-state index < -0.39 is 11.6 Å². The maximum Gasteiger partial charge on any atom is 0.224 e. The van der Waals surface area contributed by atoms with Gasteiger partial charge in [-0.2, -0.15) is 10.3 Å². The summed E-state index contributed by atoms with van der Waals surface area (Å²) in [5.41, 5.74) is 18.0. The van der Waals surface area contributed by atoms with Crippen LogP contribution in [-0.2, 0) is 11.2 Å². The molecule has 0 amide bonds. The molecule has 7 heteroatoms. The van der Waals surface area contributed by atoms with Gasteiger partial charge in [0.25, 0.3) is 0 Å². The smallest absolute Gasteiger partial charge is 0.224 e. The van der Waals surface area contributed by atoms with Crippen LogP contribution in [-0.4, -0.2) is 24.7 Å².